The van der Waals surface area contributed by atoms with Crippen molar-refractivity contribution in [1.29, 1.82) is 0 Å². The van der Waals surface area contributed by atoms with E-state index in [4.69, 9.17) is 16.3 Å². The fraction of sp³-hybridized carbons (Fsp3) is 0.833. The fourth-order valence-corrected chi connectivity index (χ4v) is 2.14. The Bertz CT molecular complexity index is 311. The second kappa shape index (κ2) is 5.25. The van der Waals surface area contributed by atoms with Crippen LogP contribution in [0.1, 0.15) is 34.1 Å². The highest BCUT2D eigenvalue weighted by atomic mass is 35.5. The summed E-state index contributed by atoms with van der Waals surface area (Å²) >= 11 is 5.55. The van der Waals surface area contributed by atoms with Crippen LogP contribution in [0.4, 0.5) is 4.79 Å². The minimum absolute atomic E-state index is 0.0588. The molecule has 0 aromatic carbocycles. The minimum atomic E-state index is -0.544. The van der Waals surface area contributed by atoms with Gasteiger partial charge in [0.2, 0.25) is 0 Å². The normalized spacial score (nSPS) is 24.9. The maximum Gasteiger partial charge on any atom is 0.410 e. The van der Waals surface area contributed by atoms with Gasteiger partial charge in [0.05, 0.1) is 11.9 Å². The van der Waals surface area contributed by atoms with Gasteiger partial charge in [-0.2, -0.15) is 0 Å². The van der Waals surface area contributed by atoms with Gasteiger partial charge in [0.1, 0.15) is 5.60 Å². The smallest absolute Gasteiger partial charge is 0.410 e. The number of hydrogen-bond donors (Lipinski definition) is 0. The maximum atomic E-state index is 11.9. The van der Waals surface area contributed by atoms with Crippen molar-refractivity contribution >= 4 is 23.5 Å². The van der Waals surface area contributed by atoms with E-state index in [9.17, 15) is 9.59 Å². The number of rotatable bonds is 2. The third kappa shape index (κ3) is 3.87. The van der Waals surface area contributed by atoms with Gasteiger partial charge in [-0.15, -0.1) is 11.6 Å². The number of amides is 1. The van der Waals surface area contributed by atoms with Gasteiger partial charge in [-0.05, 0) is 33.1 Å². The molecule has 1 aliphatic rings. The second-order valence-electron chi connectivity index (χ2n) is 5.59. The van der Waals surface area contributed by atoms with Crippen LogP contribution in [0, 0.1) is 5.92 Å². The van der Waals surface area contributed by atoms with Gasteiger partial charge >= 0.3 is 6.09 Å². The van der Waals surface area contributed by atoms with E-state index in [1.165, 1.54) is 4.90 Å². The maximum absolute atomic E-state index is 11.9. The predicted octanol–water partition coefficient (Wildman–Crippen LogP) is 2.44. The van der Waals surface area contributed by atoms with E-state index >= 15 is 0 Å². The lowest BCUT2D eigenvalue weighted by atomic mass is 10.1. The molecular weight excluding hydrogens is 242 g/mol. The number of hydrogen-bond acceptors (Lipinski definition) is 3. The molecule has 0 bridgehead atoms. The first-order chi connectivity index (χ1) is 7.74. The van der Waals surface area contributed by atoms with E-state index in [-0.39, 0.29) is 11.7 Å². The van der Waals surface area contributed by atoms with Crippen LogP contribution in [0.15, 0.2) is 0 Å². The molecule has 1 saturated heterocycles. The number of carbonyl (C=O) groups is 2. The van der Waals surface area contributed by atoms with Crippen molar-refractivity contribution in [3.63, 3.8) is 0 Å². The average molecular weight is 262 g/mol. The zero-order valence-electron chi connectivity index (χ0n) is 10.8. The van der Waals surface area contributed by atoms with E-state index in [1.54, 1.807) is 0 Å². The lowest BCUT2D eigenvalue weighted by Crippen LogP contribution is -2.43. The molecule has 1 amide bonds. The second-order valence-corrected chi connectivity index (χ2v) is 5.86. The number of likely N-dealkylation sites (tertiary alicyclic amines) is 1. The van der Waals surface area contributed by atoms with E-state index in [1.807, 2.05) is 27.7 Å². The number of alkyl halides is 1. The highest BCUT2D eigenvalue weighted by Crippen LogP contribution is 2.25. The highest BCUT2D eigenvalue weighted by molar-refractivity contribution is 6.28. The number of nitrogens with zero attached hydrogens (tertiary/aromatic N) is 1. The minimum Gasteiger partial charge on any atom is -0.444 e. The molecule has 4 nitrogen and oxygen atoms in total. The Kier molecular flexibility index (Phi) is 4.42. The first-order valence-electron chi connectivity index (χ1n) is 5.83. The Balaban J connectivity index is 2.73. The molecule has 0 unspecified atom stereocenters. The molecule has 1 rings (SSSR count). The van der Waals surface area contributed by atoms with Gasteiger partial charge in [0, 0.05) is 6.54 Å². The van der Waals surface area contributed by atoms with Crippen molar-refractivity contribution in [3.8, 4) is 0 Å². The van der Waals surface area contributed by atoms with E-state index in [0.717, 1.165) is 0 Å². The van der Waals surface area contributed by atoms with Gasteiger partial charge in [0.25, 0.3) is 0 Å². The SMILES string of the molecule is C[C@@H]1C[C@@H](C(=O)CCl)N(C(=O)OC(C)(C)C)C1. The summed E-state index contributed by atoms with van der Waals surface area (Å²) in [6.45, 7) is 8.00. The molecule has 1 heterocycles. The largest absolute Gasteiger partial charge is 0.444 e. The first kappa shape index (κ1) is 14.3. The number of ketones is 1. The van der Waals surface area contributed by atoms with Crippen LogP contribution in [0.3, 0.4) is 0 Å². The van der Waals surface area contributed by atoms with Crippen LogP contribution in [0.2, 0.25) is 0 Å². The van der Waals surface area contributed by atoms with Crippen molar-refractivity contribution in [2.24, 2.45) is 5.92 Å². The summed E-state index contributed by atoms with van der Waals surface area (Å²) in [6, 6.07) is -0.419. The third-order valence-electron chi connectivity index (χ3n) is 2.64. The Hall–Kier alpha value is -0.770. The van der Waals surface area contributed by atoms with Gasteiger partial charge in [-0.1, -0.05) is 6.92 Å². The predicted molar refractivity (Wildman–Crippen MR) is 66.2 cm³/mol. The van der Waals surface area contributed by atoms with Crippen LogP contribution >= 0.6 is 11.6 Å². The summed E-state index contributed by atoms with van der Waals surface area (Å²) in [5.41, 5.74) is -0.544. The molecule has 2 atom stereocenters. The summed E-state index contributed by atoms with van der Waals surface area (Å²) in [4.78, 5) is 25.1. The van der Waals surface area contributed by atoms with Crippen LogP contribution in [0.25, 0.3) is 0 Å². The van der Waals surface area contributed by atoms with E-state index < -0.39 is 17.7 Å². The van der Waals surface area contributed by atoms with Gasteiger partial charge in [-0.3, -0.25) is 9.69 Å². The van der Waals surface area contributed by atoms with Gasteiger partial charge < -0.3 is 4.74 Å². The standard InChI is InChI=1S/C12H20ClNO3/c1-8-5-9(10(15)6-13)14(7-8)11(16)17-12(2,3)4/h8-9H,5-7H2,1-4H3/t8-,9+/m1/s1. The molecular formula is C12H20ClNO3. The molecule has 0 spiro atoms. The Morgan fingerprint density at radius 2 is 2.00 bits per heavy atom. The summed E-state index contributed by atoms with van der Waals surface area (Å²) in [5, 5.41) is 0. The number of halogens is 1. The molecule has 0 aromatic heterocycles. The molecule has 0 radical (unpaired) electrons. The molecule has 0 saturated carbocycles. The third-order valence-corrected chi connectivity index (χ3v) is 2.91. The molecule has 17 heavy (non-hydrogen) atoms. The monoisotopic (exact) mass is 261 g/mol. The van der Waals surface area contributed by atoms with E-state index in [0.29, 0.717) is 18.9 Å². The highest BCUT2D eigenvalue weighted by Gasteiger charge is 2.39. The lowest BCUT2D eigenvalue weighted by molar-refractivity contribution is -0.120. The Labute approximate surface area is 107 Å². The van der Waals surface area contributed by atoms with Crippen LogP contribution < -0.4 is 0 Å². The number of Topliss-reactive ketones (excluding diaryl/α,β-unsaturated/α-hetero) is 1. The lowest BCUT2D eigenvalue weighted by Gasteiger charge is -2.27. The summed E-state index contributed by atoms with van der Waals surface area (Å²) < 4.78 is 5.29. The van der Waals surface area contributed by atoms with Gasteiger partial charge in [-0.25, -0.2) is 4.79 Å². The van der Waals surface area contributed by atoms with Crippen molar-refractivity contribution in [2.75, 3.05) is 12.4 Å². The van der Waals surface area contributed by atoms with Crippen molar-refractivity contribution in [3.05, 3.63) is 0 Å². The molecule has 1 aliphatic heterocycles. The molecule has 0 aromatic rings. The number of carbonyl (C=O) groups excluding carboxylic acids is 2. The van der Waals surface area contributed by atoms with Crippen molar-refractivity contribution in [2.45, 2.75) is 45.8 Å². The molecule has 98 valence electrons. The Morgan fingerprint density at radius 1 is 1.41 bits per heavy atom. The first-order valence-corrected chi connectivity index (χ1v) is 6.36. The van der Waals surface area contributed by atoms with Gasteiger partial charge in [0.15, 0.2) is 5.78 Å². The fourth-order valence-electron chi connectivity index (χ4n) is 1.96. The molecule has 0 aliphatic carbocycles. The zero-order valence-corrected chi connectivity index (χ0v) is 11.6. The zero-order chi connectivity index (χ0) is 13.2. The average Bonchev–Trinajstić information content (AvgIpc) is 2.56. The van der Waals surface area contributed by atoms with Crippen LogP contribution in [-0.4, -0.2) is 40.8 Å². The Morgan fingerprint density at radius 3 is 2.47 bits per heavy atom. The molecule has 0 N–H and O–H groups in total. The summed E-state index contributed by atoms with van der Waals surface area (Å²) in [7, 11) is 0. The van der Waals surface area contributed by atoms with Crippen LogP contribution in [0.5, 0.6) is 0 Å². The molecule has 5 heteroatoms. The summed E-state index contributed by atoms with van der Waals surface area (Å²) in [6.07, 6.45) is 0.246. The van der Waals surface area contributed by atoms with Crippen LogP contribution in [-0.2, 0) is 9.53 Å². The molecule has 1 fully saturated rings. The topological polar surface area (TPSA) is 46.6 Å². The van der Waals surface area contributed by atoms with E-state index in [2.05, 4.69) is 0 Å². The quantitative estimate of drug-likeness (QED) is 0.718. The van der Waals surface area contributed by atoms with Crippen molar-refractivity contribution in [1.82, 2.24) is 4.90 Å². The van der Waals surface area contributed by atoms with Crippen molar-refractivity contribution < 1.29 is 14.3 Å². The number of ether oxygens (including phenoxy) is 1. The summed E-state index contributed by atoms with van der Waals surface area (Å²) in [5.74, 6) is 0.137.